The van der Waals surface area contributed by atoms with Crippen LogP contribution < -0.4 is 5.56 Å². The van der Waals surface area contributed by atoms with E-state index >= 15 is 0 Å². The second-order valence-corrected chi connectivity index (χ2v) is 3.46. The zero-order valence-corrected chi connectivity index (χ0v) is 10.5. The van der Waals surface area contributed by atoms with Gasteiger partial charge in [0.25, 0.3) is 5.56 Å². The lowest BCUT2D eigenvalue weighted by atomic mass is 10.1. The van der Waals surface area contributed by atoms with E-state index in [1.165, 1.54) is 6.33 Å². The molecule has 0 saturated heterocycles. The summed E-state index contributed by atoms with van der Waals surface area (Å²) in [6.07, 6.45) is 2.07. The third kappa shape index (κ3) is 3.55. The van der Waals surface area contributed by atoms with Crippen LogP contribution in [0.25, 0.3) is 0 Å². The third-order valence-electron chi connectivity index (χ3n) is 2.39. The van der Waals surface area contributed by atoms with Crippen molar-refractivity contribution in [1.82, 2.24) is 9.97 Å². The Morgan fingerprint density at radius 2 is 1.82 bits per heavy atom. The first-order chi connectivity index (χ1) is 8.27. The van der Waals surface area contributed by atoms with Crippen molar-refractivity contribution < 1.29 is 0 Å². The molecule has 0 aliphatic carbocycles. The summed E-state index contributed by atoms with van der Waals surface area (Å²) in [7, 11) is 0. The number of nitrogens with zero attached hydrogens (tertiary/aromatic N) is 1. The predicted molar refractivity (Wildman–Crippen MR) is 70.2 cm³/mol. The van der Waals surface area contributed by atoms with Gasteiger partial charge in [0, 0.05) is 17.7 Å². The molecule has 1 heterocycles. The summed E-state index contributed by atoms with van der Waals surface area (Å²) in [6, 6.07) is 9.91. The maximum Gasteiger partial charge on any atom is 0.254 e. The van der Waals surface area contributed by atoms with Gasteiger partial charge in [-0.25, -0.2) is 4.98 Å². The van der Waals surface area contributed by atoms with Crippen LogP contribution in [0.1, 0.15) is 30.7 Å². The molecule has 0 aliphatic heterocycles. The van der Waals surface area contributed by atoms with E-state index in [1.807, 2.05) is 51.1 Å². The molecule has 3 heteroatoms. The van der Waals surface area contributed by atoms with Crippen LogP contribution in [0.2, 0.25) is 0 Å². The fourth-order valence-corrected chi connectivity index (χ4v) is 1.53. The van der Waals surface area contributed by atoms with Crippen molar-refractivity contribution in [3.8, 4) is 0 Å². The second kappa shape index (κ2) is 6.63. The average molecular weight is 230 g/mol. The van der Waals surface area contributed by atoms with Gasteiger partial charge in [-0.3, -0.25) is 4.79 Å². The van der Waals surface area contributed by atoms with Crippen LogP contribution in [0.15, 0.2) is 41.5 Å². The lowest BCUT2D eigenvalue weighted by Gasteiger charge is -2.02. The number of hydrogen-bond acceptors (Lipinski definition) is 2. The van der Waals surface area contributed by atoms with Crippen LogP contribution in [-0.2, 0) is 6.42 Å². The second-order valence-electron chi connectivity index (χ2n) is 3.46. The van der Waals surface area contributed by atoms with Gasteiger partial charge in [-0.15, -0.1) is 0 Å². The number of rotatable bonds is 2. The maximum absolute atomic E-state index is 11.5. The summed E-state index contributed by atoms with van der Waals surface area (Å²) in [6.45, 7) is 5.85. The summed E-state index contributed by atoms with van der Waals surface area (Å²) in [5.74, 6) is 0. The Kier molecular flexibility index (Phi) is 5.14. The molecule has 0 saturated carbocycles. The van der Waals surface area contributed by atoms with Crippen LogP contribution in [0.3, 0.4) is 0 Å². The first-order valence-electron chi connectivity index (χ1n) is 5.84. The van der Waals surface area contributed by atoms with Crippen molar-refractivity contribution in [1.29, 1.82) is 0 Å². The summed E-state index contributed by atoms with van der Waals surface area (Å²) >= 11 is 0. The standard InChI is InChI=1S/C12H12N2O.C2H6/c1-9-11(12(15)14-8-13-9)7-10-5-3-2-4-6-10;1-2/h2-6,8H,7H2,1H3,(H,13,14,15);1-2H3. The van der Waals surface area contributed by atoms with Crippen LogP contribution >= 0.6 is 0 Å². The quantitative estimate of drug-likeness (QED) is 0.862. The van der Waals surface area contributed by atoms with Gasteiger partial charge in [0.05, 0.1) is 6.33 Å². The van der Waals surface area contributed by atoms with Crippen molar-refractivity contribution >= 4 is 0 Å². The van der Waals surface area contributed by atoms with Crippen LogP contribution in [0.4, 0.5) is 0 Å². The highest BCUT2D eigenvalue weighted by molar-refractivity contribution is 5.25. The molecule has 1 aromatic heterocycles. The van der Waals surface area contributed by atoms with Crippen LogP contribution in [0, 0.1) is 6.92 Å². The van der Waals surface area contributed by atoms with E-state index in [0.717, 1.165) is 16.8 Å². The van der Waals surface area contributed by atoms with Crippen molar-refractivity contribution in [2.75, 3.05) is 0 Å². The molecule has 2 aromatic rings. The average Bonchev–Trinajstić information content (AvgIpc) is 2.38. The molecule has 0 atom stereocenters. The van der Waals surface area contributed by atoms with Crippen molar-refractivity contribution in [3.63, 3.8) is 0 Å². The summed E-state index contributed by atoms with van der Waals surface area (Å²) in [4.78, 5) is 18.2. The Labute approximate surface area is 102 Å². The van der Waals surface area contributed by atoms with E-state index in [1.54, 1.807) is 0 Å². The van der Waals surface area contributed by atoms with Gasteiger partial charge in [0.2, 0.25) is 0 Å². The molecular weight excluding hydrogens is 212 g/mol. The molecule has 0 aliphatic rings. The molecule has 1 aromatic carbocycles. The van der Waals surface area contributed by atoms with Gasteiger partial charge >= 0.3 is 0 Å². The number of aromatic nitrogens is 2. The predicted octanol–water partition coefficient (Wildman–Crippen LogP) is 2.70. The number of nitrogens with one attached hydrogen (secondary N) is 1. The zero-order valence-electron chi connectivity index (χ0n) is 10.5. The molecular formula is C14H18N2O. The molecule has 2 rings (SSSR count). The van der Waals surface area contributed by atoms with E-state index < -0.39 is 0 Å². The third-order valence-corrected chi connectivity index (χ3v) is 2.39. The largest absolute Gasteiger partial charge is 0.313 e. The lowest BCUT2D eigenvalue weighted by molar-refractivity contribution is 0.979. The van der Waals surface area contributed by atoms with Crippen molar-refractivity contribution in [2.24, 2.45) is 0 Å². The van der Waals surface area contributed by atoms with Gasteiger partial charge in [0.1, 0.15) is 0 Å². The van der Waals surface area contributed by atoms with Crippen LogP contribution in [-0.4, -0.2) is 9.97 Å². The number of aromatic amines is 1. The molecule has 90 valence electrons. The molecule has 0 radical (unpaired) electrons. The normalized spacial score (nSPS) is 9.35. The number of hydrogen-bond donors (Lipinski definition) is 1. The van der Waals surface area contributed by atoms with E-state index in [9.17, 15) is 4.79 Å². The Morgan fingerprint density at radius 1 is 1.18 bits per heavy atom. The Morgan fingerprint density at radius 3 is 2.41 bits per heavy atom. The van der Waals surface area contributed by atoms with Gasteiger partial charge < -0.3 is 4.98 Å². The highest BCUT2D eigenvalue weighted by Gasteiger charge is 2.04. The number of benzene rings is 1. The minimum atomic E-state index is -0.0497. The Balaban J connectivity index is 0.000000686. The highest BCUT2D eigenvalue weighted by atomic mass is 16.1. The molecule has 0 spiro atoms. The first-order valence-corrected chi connectivity index (χ1v) is 5.84. The molecule has 17 heavy (non-hydrogen) atoms. The number of aryl methyl sites for hydroxylation is 1. The van der Waals surface area contributed by atoms with Gasteiger partial charge in [-0.05, 0) is 12.5 Å². The molecule has 0 amide bonds. The summed E-state index contributed by atoms with van der Waals surface area (Å²) in [5.41, 5.74) is 2.61. The fourth-order valence-electron chi connectivity index (χ4n) is 1.53. The van der Waals surface area contributed by atoms with Gasteiger partial charge in [-0.2, -0.15) is 0 Å². The SMILES string of the molecule is CC.Cc1nc[nH]c(=O)c1Cc1ccccc1. The summed E-state index contributed by atoms with van der Waals surface area (Å²) < 4.78 is 0. The van der Waals surface area contributed by atoms with E-state index in [0.29, 0.717) is 6.42 Å². The minimum absolute atomic E-state index is 0.0497. The van der Waals surface area contributed by atoms with Crippen LogP contribution in [0.5, 0.6) is 0 Å². The Bertz CT molecular complexity index is 503. The van der Waals surface area contributed by atoms with E-state index in [4.69, 9.17) is 0 Å². The van der Waals surface area contributed by atoms with Gasteiger partial charge in [-0.1, -0.05) is 44.2 Å². The number of H-pyrrole nitrogens is 1. The maximum atomic E-state index is 11.5. The topological polar surface area (TPSA) is 45.8 Å². The van der Waals surface area contributed by atoms with Crippen molar-refractivity contribution in [2.45, 2.75) is 27.2 Å². The summed E-state index contributed by atoms with van der Waals surface area (Å²) in [5, 5.41) is 0. The fraction of sp³-hybridized carbons (Fsp3) is 0.286. The first kappa shape index (κ1) is 13.2. The smallest absolute Gasteiger partial charge is 0.254 e. The lowest BCUT2D eigenvalue weighted by Crippen LogP contribution is -2.15. The molecule has 3 nitrogen and oxygen atoms in total. The van der Waals surface area contributed by atoms with E-state index in [2.05, 4.69) is 9.97 Å². The highest BCUT2D eigenvalue weighted by Crippen LogP contribution is 2.06. The molecule has 0 fully saturated rings. The van der Waals surface area contributed by atoms with Crippen molar-refractivity contribution in [3.05, 3.63) is 63.8 Å². The van der Waals surface area contributed by atoms with Gasteiger partial charge in [0.15, 0.2) is 0 Å². The minimum Gasteiger partial charge on any atom is -0.313 e. The monoisotopic (exact) mass is 230 g/mol. The molecule has 1 N–H and O–H groups in total. The molecule has 0 unspecified atom stereocenters. The molecule has 0 bridgehead atoms. The Hall–Kier alpha value is -1.90. The zero-order chi connectivity index (χ0) is 12.7. The van der Waals surface area contributed by atoms with E-state index in [-0.39, 0.29) is 5.56 Å².